The van der Waals surface area contributed by atoms with E-state index in [-0.39, 0.29) is 16.8 Å². The number of carbonyl (C=O) groups excluding carboxylic acids is 2. The molecule has 1 aliphatic carbocycles. The fraction of sp³-hybridized carbons (Fsp3) is 0.391. The number of carbonyl (C=O) groups is 2. The van der Waals surface area contributed by atoms with Gasteiger partial charge in [0.15, 0.2) is 0 Å². The summed E-state index contributed by atoms with van der Waals surface area (Å²) < 4.78 is 27.5. The Morgan fingerprint density at radius 1 is 1.00 bits per heavy atom. The van der Waals surface area contributed by atoms with Crippen LogP contribution >= 0.6 is 0 Å². The van der Waals surface area contributed by atoms with Crippen LogP contribution in [0.4, 0.5) is 5.69 Å². The van der Waals surface area contributed by atoms with Crippen molar-refractivity contribution >= 4 is 27.5 Å². The van der Waals surface area contributed by atoms with E-state index in [0.29, 0.717) is 17.7 Å². The van der Waals surface area contributed by atoms with Crippen LogP contribution < -0.4 is 10.6 Å². The van der Waals surface area contributed by atoms with Crippen molar-refractivity contribution in [1.29, 1.82) is 0 Å². The zero-order valence-electron chi connectivity index (χ0n) is 17.5. The highest BCUT2D eigenvalue weighted by Gasteiger charge is 2.37. The maximum Gasteiger partial charge on any atom is 0.259 e. The Kier molecular flexibility index (Phi) is 5.85. The number of sulfonamides is 1. The molecule has 8 heteroatoms. The van der Waals surface area contributed by atoms with E-state index in [0.717, 1.165) is 37.7 Å². The van der Waals surface area contributed by atoms with Crippen LogP contribution in [0.15, 0.2) is 53.4 Å². The maximum absolute atomic E-state index is 13.2. The first-order valence-electron chi connectivity index (χ1n) is 10.6. The van der Waals surface area contributed by atoms with Crippen molar-refractivity contribution in [2.24, 2.45) is 5.73 Å². The van der Waals surface area contributed by atoms with Gasteiger partial charge in [-0.3, -0.25) is 14.5 Å². The van der Waals surface area contributed by atoms with Gasteiger partial charge in [0, 0.05) is 30.8 Å². The second kappa shape index (κ2) is 8.43. The van der Waals surface area contributed by atoms with Gasteiger partial charge in [-0.05, 0) is 48.7 Å². The number of nitrogens with two attached hydrogens (primary N) is 1. The largest absolute Gasteiger partial charge is 0.368 e. The number of fused-ring (bicyclic) bond motifs is 1. The molecule has 2 amide bonds. The predicted octanol–water partition coefficient (Wildman–Crippen LogP) is 2.70. The molecule has 7 nitrogen and oxygen atoms in total. The van der Waals surface area contributed by atoms with Crippen LogP contribution in [0.3, 0.4) is 0 Å². The van der Waals surface area contributed by atoms with E-state index in [9.17, 15) is 18.0 Å². The van der Waals surface area contributed by atoms with Gasteiger partial charge < -0.3 is 5.73 Å². The third-order valence-electron chi connectivity index (χ3n) is 6.39. The van der Waals surface area contributed by atoms with Crippen molar-refractivity contribution in [3.05, 3.63) is 59.7 Å². The molecule has 1 saturated carbocycles. The highest BCUT2D eigenvalue weighted by molar-refractivity contribution is 7.89. The fourth-order valence-corrected chi connectivity index (χ4v) is 6.00. The summed E-state index contributed by atoms with van der Waals surface area (Å²) in [5, 5.41) is 0. The standard InChI is InChI=1S/C23H27N3O4S/c1-25(18-8-3-2-4-9-18)31(29,30)19-13-11-16(12-14-19)23(28)26-20-10-6-5-7-17(20)15-21(26)22(24)27/h5-7,10-14,18,21H,2-4,8-9,15H2,1H3,(H2,24,27)/t21-/m0/s1. The van der Waals surface area contributed by atoms with Crippen molar-refractivity contribution in [3.63, 3.8) is 0 Å². The number of para-hydroxylation sites is 1. The fourth-order valence-electron chi connectivity index (χ4n) is 4.58. The Morgan fingerprint density at radius 2 is 1.65 bits per heavy atom. The maximum atomic E-state index is 13.2. The Bertz CT molecular complexity index is 1090. The lowest BCUT2D eigenvalue weighted by molar-refractivity contribution is -0.119. The van der Waals surface area contributed by atoms with Crippen molar-refractivity contribution in [3.8, 4) is 0 Å². The lowest BCUT2D eigenvalue weighted by atomic mass is 9.96. The van der Waals surface area contributed by atoms with Crippen molar-refractivity contribution in [2.45, 2.75) is 55.5 Å². The Morgan fingerprint density at radius 3 is 2.29 bits per heavy atom. The third kappa shape index (κ3) is 3.97. The highest BCUT2D eigenvalue weighted by atomic mass is 32.2. The van der Waals surface area contributed by atoms with Gasteiger partial charge >= 0.3 is 0 Å². The molecule has 0 radical (unpaired) electrons. The number of hydrogen-bond donors (Lipinski definition) is 1. The van der Waals surface area contributed by atoms with E-state index in [1.807, 2.05) is 12.1 Å². The average Bonchev–Trinajstić information content (AvgIpc) is 3.19. The molecule has 0 spiro atoms. The van der Waals surface area contributed by atoms with Crippen molar-refractivity contribution in [2.75, 3.05) is 11.9 Å². The van der Waals surface area contributed by atoms with E-state index >= 15 is 0 Å². The van der Waals surface area contributed by atoms with Crippen LogP contribution in [0.2, 0.25) is 0 Å². The number of anilines is 1. The van der Waals surface area contributed by atoms with Gasteiger partial charge in [-0.1, -0.05) is 37.5 Å². The summed E-state index contributed by atoms with van der Waals surface area (Å²) in [7, 11) is -2.01. The van der Waals surface area contributed by atoms with Crippen molar-refractivity contribution < 1.29 is 18.0 Å². The first-order valence-corrected chi connectivity index (χ1v) is 12.0. The first kappa shape index (κ1) is 21.5. The summed E-state index contributed by atoms with van der Waals surface area (Å²) in [4.78, 5) is 26.8. The molecule has 1 atom stereocenters. The van der Waals surface area contributed by atoms with Gasteiger partial charge in [0.1, 0.15) is 6.04 Å². The first-order chi connectivity index (χ1) is 14.8. The Balaban J connectivity index is 1.59. The SMILES string of the molecule is CN(C1CCCCC1)S(=O)(=O)c1ccc(C(=O)N2c3ccccc3C[C@H]2C(N)=O)cc1. The Labute approximate surface area is 182 Å². The molecule has 2 aromatic rings. The minimum absolute atomic E-state index is 0.0116. The molecule has 0 bridgehead atoms. The molecule has 0 unspecified atom stereocenters. The lowest BCUT2D eigenvalue weighted by Gasteiger charge is -2.30. The number of hydrogen-bond acceptors (Lipinski definition) is 4. The lowest BCUT2D eigenvalue weighted by Crippen LogP contribution is -2.46. The van der Waals surface area contributed by atoms with Gasteiger partial charge in [-0.2, -0.15) is 4.31 Å². The van der Waals surface area contributed by atoms with Gasteiger partial charge in [-0.25, -0.2) is 8.42 Å². The smallest absolute Gasteiger partial charge is 0.259 e. The topological polar surface area (TPSA) is 101 Å². The summed E-state index contributed by atoms with van der Waals surface area (Å²) in [5.41, 5.74) is 7.40. The molecule has 0 saturated heterocycles. The van der Waals surface area contributed by atoms with Crippen LogP contribution in [0.1, 0.15) is 48.0 Å². The van der Waals surface area contributed by atoms with E-state index in [1.165, 1.54) is 33.5 Å². The molecule has 4 rings (SSSR count). The molecular weight excluding hydrogens is 414 g/mol. The van der Waals surface area contributed by atoms with E-state index in [2.05, 4.69) is 0 Å². The van der Waals surface area contributed by atoms with Gasteiger partial charge in [0.25, 0.3) is 5.91 Å². The summed E-state index contributed by atoms with van der Waals surface area (Å²) in [6.45, 7) is 0. The minimum Gasteiger partial charge on any atom is -0.368 e. The molecule has 1 fully saturated rings. The van der Waals surface area contributed by atoms with Crippen LogP contribution in [-0.2, 0) is 21.2 Å². The van der Waals surface area contributed by atoms with Gasteiger partial charge in [0.2, 0.25) is 15.9 Å². The number of amides is 2. The zero-order valence-corrected chi connectivity index (χ0v) is 18.3. The molecule has 164 valence electrons. The minimum atomic E-state index is -3.64. The molecule has 1 heterocycles. The number of rotatable bonds is 5. The number of primary amides is 1. The van der Waals surface area contributed by atoms with Gasteiger partial charge in [-0.15, -0.1) is 0 Å². The van der Waals surface area contributed by atoms with Gasteiger partial charge in [0.05, 0.1) is 4.90 Å². The molecule has 31 heavy (non-hydrogen) atoms. The Hall–Kier alpha value is -2.71. The zero-order chi connectivity index (χ0) is 22.2. The molecule has 0 aromatic heterocycles. The summed E-state index contributed by atoms with van der Waals surface area (Å²) in [6.07, 6.45) is 5.33. The normalized spacial score (nSPS) is 19.4. The predicted molar refractivity (Wildman–Crippen MR) is 118 cm³/mol. The molecule has 2 aliphatic rings. The van der Waals surface area contributed by atoms with Crippen molar-refractivity contribution in [1.82, 2.24) is 4.31 Å². The second-order valence-electron chi connectivity index (χ2n) is 8.26. The van der Waals surface area contributed by atoms with Crippen LogP contribution in [0, 0.1) is 0 Å². The van der Waals surface area contributed by atoms with E-state index in [4.69, 9.17) is 5.73 Å². The molecule has 2 aromatic carbocycles. The quantitative estimate of drug-likeness (QED) is 0.771. The molecule has 2 N–H and O–H groups in total. The highest BCUT2D eigenvalue weighted by Crippen LogP contribution is 2.33. The summed E-state index contributed by atoms with van der Waals surface area (Å²) in [6, 6.07) is 12.5. The summed E-state index contributed by atoms with van der Waals surface area (Å²) >= 11 is 0. The summed E-state index contributed by atoms with van der Waals surface area (Å²) in [5.74, 6) is -0.948. The van der Waals surface area contributed by atoms with E-state index < -0.39 is 22.0 Å². The number of nitrogens with zero attached hydrogens (tertiary/aromatic N) is 2. The molecular formula is C23H27N3O4S. The average molecular weight is 442 g/mol. The monoisotopic (exact) mass is 441 g/mol. The van der Waals surface area contributed by atoms with E-state index in [1.54, 1.807) is 19.2 Å². The number of benzene rings is 2. The van der Waals surface area contributed by atoms with Crippen LogP contribution in [0.5, 0.6) is 0 Å². The second-order valence-corrected chi connectivity index (χ2v) is 10.3. The third-order valence-corrected chi connectivity index (χ3v) is 8.31. The molecule has 1 aliphatic heterocycles. The van der Waals surface area contributed by atoms with Crippen LogP contribution in [0.25, 0.3) is 0 Å². The van der Waals surface area contributed by atoms with Crippen LogP contribution in [-0.4, -0.2) is 43.7 Å².